The summed E-state index contributed by atoms with van der Waals surface area (Å²) in [5.41, 5.74) is 1.88. The summed E-state index contributed by atoms with van der Waals surface area (Å²) < 4.78 is 13.5. The van der Waals surface area contributed by atoms with Crippen molar-refractivity contribution in [2.75, 3.05) is 5.32 Å². The molecule has 0 bridgehead atoms. The summed E-state index contributed by atoms with van der Waals surface area (Å²) in [6.45, 7) is 3.81. The quantitative estimate of drug-likeness (QED) is 0.348. The number of esters is 1. The maximum atomic E-state index is 12.6. The molecule has 3 atom stereocenters. The molecule has 1 unspecified atom stereocenters. The lowest BCUT2D eigenvalue weighted by Crippen LogP contribution is -2.25. The number of benzene rings is 2. The molecule has 1 aliphatic rings. The Balaban J connectivity index is 1.36. The van der Waals surface area contributed by atoms with E-state index in [0.29, 0.717) is 34.5 Å². The number of hydrogen-bond acceptors (Lipinski definition) is 7. The molecule has 2 aromatic carbocycles. The van der Waals surface area contributed by atoms with Crippen LogP contribution in [0.2, 0.25) is 0 Å². The number of hydrogen-bond donors (Lipinski definition) is 1. The van der Waals surface area contributed by atoms with Gasteiger partial charge in [0.25, 0.3) is 5.91 Å². The first kappa shape index (κ1) is 21.5. The van der Waals surface area contributed by atoms with E-state index < -0.39 is 24.4 Å². The zero-order valence-electron chi connectivity index (χ0n) is 18.1. The molecule has 9 heteroatoms. The van der Waals surface area contributed by atoms with E-state index in [4.69, 9.17) is 9.47 Å². The Hall–Kier alpha value is -4.37. The van der Waals surface area contributed by atoms with Crippen LogP contribution in [0.5, 0.6) is 0 Å². The molecule has 170 valence electrons. The van der Waals surface area contributed by atoms with Crippen molar-refractivity contribution in [2.45, 2.75) is 24.9 Å². The first-order valence-corrected chi connectivity index (χ1v) is 10.7. The maximum Gasteiger partial charge on any atom is 0.338 e. The number of carbonyl (C=O) groups is 2. The average Bonchev–Trinajstić information content (AvgIpc) is 3.49. The second kappa shape index (κ2) is 9.24. The van der Waals surface area contributed by atoms with Crippen molar-refractivity contribution in [1.82, 2.24) is 19.5 Å². The van der Waals surface area contributed by atoms with Gasteiger partial charge in [-0.3, -0.25) is 9.36 Å². The van der Waals surface area contributed by atoms with Crippen LogP contribution >= 0.6 is 0 Å². The fourth-order valence-electron chi connectivity index (χ4n) is 3.86. The normalized spacial score (nSPS) is 19.6. The zero-order valence-corrected chi connectivity index (χ0v) is 18.1. The number of rotatable bonds is 6. The van der Waals surface area contributed by atoms with Gasteiger partial charge in [-0.1, -0.05) is 42.5 Å². The first-order valence-electron chi connectivity index (χ1n) is 10.7. The van der Waals surface area contributed by atoms with Crippen LogP contribution in [0, 0.1) is 0 Å². The van der Waals surface area contributed by atoms with Crippen LogP contribution in [0.4, 0.5) is 5.82 Å². The highest BCUT2D eigenvalue weighted by Gasteiger charge is 2.38. The molecular formula is C25H21N5O4. The fraction of sp³-hybridized carbons (Fsp3) is 0.160. The van der Waals surface area contributed by atoms with Crippen LogP contribution in [0.3, 0.4) is 0 Å². The Morgan fingerprint density at radius 3 is 2.44 bits per heavy atom. The number of amides is 1. The van der Waals surface area contributed by atoms with E-state index in [1.807, 2.05) is 12.1 Å². The maximum absolute atomic E-state index is 12.6. The van der Waals surface area contributed by atoms with Crippen molar-refractivity contribution >= 4 is 28.9 Å². The smallest absolute Gasteiger partial charge is 0.338 e. The first-order chi connectivity index (χ1) is 16.6. The number of nitrogens with one attached hydrogen (secondary N) is 1. The van der Waals surface area contributed by atoms with E-state index in [-0.39, 0.29) is 5.91 Å². The minimum atomic E-state index is -0.522. The highest BCUT2D eigenvalue weighted by molar-refractivity contribution is 6.06. The molecule has 1 amide bonds. The SMILES string of the molecule is C=CC1O[C@@H](n2cnc3c(NC(=O)c4ccccc4)ncnc32)C[C@H]1OC(=O)c1ccccc1. The van der Waals surface area contributed by atoms with Gasteiger partial charge < -0.3 is 14.8 Å². The van der Waals surface area contributed by atoms with E-state index >= 15 is 0 Å². The molecule has 4 aromatic rings. The highest BCUT2D eigenvalue weighted by Crippen LogP contribution is 2.34. The summed E-state index contributed by atoms with van der Waals surface area (Å²) in [4.78, 5) is 38.0. The topological polar surface area (TPSA) is 108 Å². The molecule has 1 aliphatic heterocycles. The van der Waals surface area contributed by atoms with Gasteiger partial charge in [-0.25, -0.2) is 19.7 Å². The third kappa shape index (κ3) is 4.16. The standard InChI is InChI=1S/C25H21N5O4/c1-2-18-19(34-25(32)17-11-7-4-8-12-17)13-20(33-18)30-15-28-21-22(26-14-27-23(21)30)29-24(31)16-9-5-3-6-10-16/h2-12,14-15,18-20H,1,13H2,(H,26,27,29,31)/t18?,19-,20-/m1/s1. The molecule has 0 radical (unpaired) electrons. The minimum absolute atomic E-state index is 0.294. The summed E-state index contributed by atoms with van der Waals surface area (Å²) in [6.07, 6.45) is 3.42. The van der Waals surface area contributed by atoms with Gasteiger partial charge >= 0.3 is 5.97 Å². The van der Waals surface area contributed by atoms with Crippen LogP contribution in [-0.4, -0.2) is 43.6 Å². The van der Waals surface area contributed by atoms with Crippen molar-refractivity contribution < 1.29 is 19.1 Å². The second-order valence-electron chi connectivity index (χ2n) is 7.70. The van der Waals surface area contributed by atoms with Crippen LogP contribution < -0.4 is 5.32 Å². The van der Waals surface area contributed by atoms with Gasteiger partial charge in [0.1, 0.15) is 24.8 Å². The number of nitrogens with zero attached hydrogens (tertiary/aromatic N) is 4. The van der Waals surface area contributed by atoms with Gasteiger partial charge in [-0.2, -0.15) is 0 Å². The molecular weight excluding hydrogens is 434 g/mol. The fourth-order valence-corrected chi connectivity index (χ4v) is 3.86. The molecule has 1 N–H and O–H groups in total. The summed E-state index contributed by atoms with van der Waals surface area (Å²) in [6, 6.07) is 17.6. The molecule has 0 saturated carbocycles. The van der Waals surface area contributed by atoms with Crippen LogP contribution in [0.15, 0.2) is 86.0 Å². The van der Waals surface area contributed by atoms with Gasteiger partial charge in [-0.15, -0.1) is 6.58 Å². The summed E-state index contributed by atoms with van der Waals surface area (Å²) in [7, 11) is 0. The lowest BCUT2D eigenvalue weighted by atomic mass is 10.1. The summed E-state index contributed by atoms with van der Waals surface area (Å²) in [5.74, 6) is -0.430. The lowest BCUT2D eigenvalue weighted by Gasteiger charge is -2.15. The summed E-state index contributed by atoms with van der Waals surface area (Å²) >= 11 is 0. The number of imidazole rings is 1. The molecule has 9 nitrogen and oxygen atoms in total. The molecule has 34 heavy (non-hydrogen) atoms. The van der Waals surface area contributed by atoms with E-state index in [1.54, 1.807) is 65.5 Å². The van der Waals surface area contributed by atoms with Gasteiger partial charge in [0.15, 0.2) is 17.0 Å². The van der Waals surface area contributed by atoms with Crippen molar-refractivity contribution in [3.05, 3.63) is 97.1 Å². The van der Waals surface area contributed by atoms with Crippen molar-refractivity contribution in [3.63, 3.8) is 0 Å². The number of anilines is 1. The van der Waals surface area contributed by atoms with Gasteiger partial charge in [0.05, 0.1) is 11.9 Å². The van der Waals surface area contributed by atoms with Gasteiger partial charge in [0, 0.05) is 12.0 Å². The van der Waals surface area contributed by atoms with E-state index in [9.17, 15) is 9.59 Å². The molecule has 1 saturated heterocycles. The van der Waals surface area contributed by atoms with Gasteiger partial charge in [0.2, 0.25) is 0 Å². The third-order valence-electron chi connectivity index (χ3n) is 5.55. The van der Waals surface area contributed by atoms with E-state index in [1.165, 1.54) is 6.33 Å². The predicted molar refractivity (Wildman–Crippen MR) is 124 cm³/mol. The monoisotopic (exact) mass is 455 g/mol. The zero-order chi connectivity index (χ0) is 23.5. The molecule has 0 aliphatic carbocycles. The van der Waals surface area contributed by atoms with E-state index in [0.717, 1.165) is 0 Å². The average molecular weight is 455 g/mol. The van der Waals surface area contributed by atoms with Crippen LogP contribution in [-0.2, 0) is 9.47 Å². The third-order valence-corrected chi connectivity index (χ3v) is 5.55. The van der Waals surface area contributed by atoms with E-state index in [2.05, 4.69) is 26.8 Å². The number of ether oxygens (including phenoxy) is 2. The van der Waals surface area contributed by atoms with Crippen molar-refractivity contribution in [1.29, 1.82) is 0 Å². The molecule has 2 aromatic heterocycles. The lowest BCUT2D eigenvalue weighted by molar-refractivity contribution is -0.00574. The Morgan fingerprint density at radius 1 is 1.03 bits per heavy atom. The Labute approximate surface area is 195 Å². The summed E-state index contributed by atoms with van der Waals surface area (Å²) in [5, 5.41) is 2.79. The van der Waals surface area contributed by atoms with Crippen molar-refractivity contribution in [2.24, 2.45) is 0 Å². The Morgan fingerprint density at radius 2 is 1.74 bits per heavy atom. The Kier molecular flexibility index (Phi) is 5.84. The molecule has 1 fully saturated rings. The largest absolute Gasteiger partial charge is 0.455 e. The number of aromatic nitrogens is 4. The molecule has 5 rings (SSSR count). The van der Waals surface area contributed by atoms with Crippen LogP contribution in [0.1, 0.15) is 33.4 Å². The molecule has 0 spiro atoms. The van der Waals surface area contributed by atoms with Crippen LogP contribution in [0.25, 0.3) is 11.2 Å². The van der Waals surface area contributed by atoms with Gasteiger partial charge in [-0.05, 0) is 24.3 Å². The van der Waals surface area contributed by atoms with Crippen molar-refractivity contribution in [3.8, 4) is 0 Å². The Bertz CT molecular complexity index is 1340. The second-order valence-corrected chi connectivity index (χ2v) is 7.70. The predicted octanol–water partition coefficient (Wildman–Crippen LogP) is 3.78. The molecule has 3 heterocycles. The number of carbonyl (C=O) groups excluding carboxylic acids is 2. The number of fused-ring (bicyclic) bond motifs is 1. The minimum Gasteiger partial charge on any atom is -0.455 e. The highest BCUT2D eigenvalue weighted by atomic mass is 16.6.